The third-order valence-electron chi connectivity index (χ3n) is 3.30. The van der Waals surface area contributed by atoms with Crippen LogP contribution in [-0.4, -0.2) is 11.9 Å². The van der Waals surface area contributed by atoms with Crippen LogP contribution in [0.25, 0.3) is 6.08 Å². The van der Waals surface area contributed by atoms with Gasteiger partial charge in [-0.15, -0.1) is 0 Å². The van der Waals surface area contributed by atoms with Crippen LogP contribution in [0.15, 0.2) is 47.1 Å². The van der Waals surface area contributed by atoms with Crippen LogP contribution in [0.4, 0.5) is 0 Å². The van der Waals surface area contributed by atoms with Crippen molar-refractivity contribution in [2.24, 2.45) is 4.99 Å². The molecule has 0 spiro atoms. The smallest absolute Gasteiger partial charge is 0.363 e. The van der Waals surface area contributed by atoms with Gasteiger partial charge in [0.25, 0.3) is 0 Å². The molecule has 3 nitrogen and oxygen atoms in total. The Hall–Kier alpha value is -1.37. The summed E-state index contributed by atoms with van der Waals surface area (Å²) >= 11 is 14.4. The van der Waals surface area contributed by atoms with Gasteiger partial charge < -0.3 is 4.74 Å². The van der Waals surface area contributed by atoms with E-state index in [0.29, 0.717) is 21.5 Å². The first kappa shape index (κ1) is 16.5. The zero-order valence-corrected chi connectivity index (χ0v) is 15.6. The molecule has 2 aromatic carbocycles. The maximum atomic E-state index is 12.0. The lowest BCUT2D eigenvalue weighted by atomic mass is 10.1. The van der Waals surface area contributed by atoms with Crippen LogP contribution >= 0.6 is 45.8 Å². The fourth-order valence-corrected chi connectivity index (χ4v) is 2.79. The molecule has 116 valence electrons. The van der Waals surface area contributed by atoms with Gasteiger partial charge in [-0.2, -0.15) is 0 Å². The highest BCUT2D eigenvalue weighted by Crippen LogP contribution is 2.29. The van der Waals surface area contributed by atoms with Crippen LogP contribution in [0, 0.1) is 10.5 Å². The number of cyclic esters (lactones) is 1. The number of aryl methyl sites for hydroxylation is 1. The second kappa shape index (κ2) is 6.63. The Morgan fingerprint density at radius 1 is 1.22 bits per heavy atom. The van der Waals surface area contributed by atoms with Crippen molar-refractivity contribution in [1.29, 1.82) is 0 Å². The molecule has 0 saturated heterocycles. The minimum absolute atomic E-state index is 0.195. The van der Waals surface area contributed by atoms with E-state index in [1.807, 2.05) is 25.1 Å². The minimum atomic E-state index is -0.507. The first-order valence-electron chi connectivity index (χ1n) is 6.69. The number of hydrogen-bond donors (Lipinski definition) is 0. The third-order valence-corrected chi connectivity index (χ3v) is 5.34. The van der Waals surface area contributed by atoms with Crippen LogP contribution in [0.1, 0.15) is 16.7 Å². The van der Waals surface area contributed by atoms with Crippen molar-refractivity contribution in [1.82, 2.24) is 0 Å². The maximum Gasteiger partial charge on any atom is 0.363 e. The van der Waals surface area contributed by atoms with Gasteiger partial charge >= 0.3 is 5.97 Å². The minimum Gasteiger partial charge on any atom is -0.402 e. The van der Waals surface area contributed by atoms with E-state index in [1.54, 1.807) is 24.3 Å². The zero-order chi connectivity index (χ0) is 16.6. The Bertz CT molecular complexity index is 875. The average Bonchev–Trinajstić information content (AvgIpc) is 2.88. The molecule has 3 rings (SSSR count). The Labute approximate surface area is 157 Å². The standard InChI is InChI=1S/C17H10Cl2INO2/c1-9-7-11(5-6-13(9)20)16-21-14(17(22)23-16)8-10-3-2-4-12(18)15(10)19/h2-8H,1H3/b14-8-. The molecule has 0 fully saturated rings. The van der Waals surface area contributed by atoms with Gasteiger partial charge in [-0.25, -0.2) is 9.79 Å². The number of nitrogens with zero attached hydrogens (tertiary/aromatic N) is 1. The van der Waals surface area contributed by atoms with Gasteiger partial charge in [0.1, 0.15) is 0 Å². The van der Waals surface area contributed by atoms with Gasteiger partial charge in [0, 0.05) is 9.13 Å². The van der Waals surface area contributed by atoms with Crippen molar-refractivity contribution in [3.63, 3.8) is 0 Å². The predicted molar refractivity (Wildman–Crippen MR) is 101 cm³/mol. The Balaban J connectivity index is 1.99. The first-order valence-corrected chi connectivity index (χ1v) is 8.52. The van der Waals surface area contributed by atoms with Crippen LogP contribution < -0.4 is 0 Å². The summed E-state index contributed by atoms with van der Waals surface area (Å²) in [6.07, 6.45) is 1.57. The van der Waals surface area contributed by atoms with Crippen LogP contribution in [0.3, 0.4) is 0 Å². The molecule has 0 radical (unpaired) electrons. The predicted octanol–water partition coefficient (Wildman–Crippen LogP) is 5.25. The Morgan fingerprint density at radius 3 is 2.74 bits per heavy atom. The Morgan fingerprint density at radius 2 is 2.00 bits per heavy atom. The van der Waals surface area contributed by atoms with E-state index in [4.69, 9.17) is 27.9 Å². The molecule has 0 atom stereocenters. The molecule has 1 heterocycles. The monoisotopic (exact) mass is 457 g/mol. The summed E-state index contributed by atoms with van der Waals surface area (Å²) in [7, 11) is 0. The number of carbonyl (C=O) groups excluding carboxylic acids is 1. The third kappa shape index (κ3) is 3.44. The van der Waals surface area contributed by atoms with Crippen molar-refractivity contribution in [3.8, 4) is 0 Å². The number of benzene rings is 2. The summed E-state index contributed by atoms with van der Waals surface area (Å²) in [5.74, 6) is -0.217. The SMILES string of the molecule is Cc1cc(C2=N/C(=C\c3cccc(Cl)c3Cl)C(=O)O2)ccc1I. The molecule has 2 aromatic rings. The number of halogens is 3. The maximum absolute atomic E-state index is 12.0. The van der Waals surface area contributed by atoms with E-state index in [2.05, 4.69) is 27.6 Å². The summed E-state index contributed by atoms with van der Waals surface area (Å²) in [5, 5.41) is 0.799. The quantitative estimate of drug-likeness (QED) is 0.351. The molecule has 0 bridgehead atoms. The molecule has 0 saturated carbocycles. The summed E-state index contributed by atoms with van der Waals surface area (Å²) in [4.78, 5) is 16.3. The fraction of sp³-hybridized carbons (Fsp3) is 0.0588. The molecular weight excluding hydrogens is 448 g/mol. The van der Waals surface area contributed by atoms with Crippen molar-refractivity contribution < 1.29 is 9.53 Å². The molecule has 6 heteroatoms. The highest BCUT2D eigenvalue weighted by atomic mass is 127. The summed E-state index contributed by atoms with van der Waals surface area (Å²) in [6, 6.07) is 11.0. The molecule has 1 aliphatic rings. The van der Waals surface area contributed by atoms with Crippen molar-refractivity contribution >= 4 is 63.7 Å². The second-order valence-electron chi connectivity index (χ2n) is 4.94. The number of esters is 1. The van der Waals surface area contributed by atoms with E-state index < -0.39 is 5.97 Å². The zero-order valence-electron chi connectivity index (χ0n) is 11.9. The summed E-state index contributed by atoms with van der Waals surface area (Å²) < 4.78 is 6.40. The molecule has 0 N–H and O–H groups in total. The number of carbonyl (C=O) groups is 1. The molecule has 0 aliphatic carbocycles. The molecule has 23 heavy (non-hydrogen) atoms. The van der Waals surface area contributed by atoms with Gasteiger partial charge in [0.05, 0.1) is 10.0 Å². The van der Waals surface area contributed by atoms with Gasteiger partial charge in [0.15, 0.2) is 5.70 Å². The van der Waals surface area contributed by atoms with Crippen molar-refractivity contribution in [2.45, 2.75) is 6.92 Å². The first-order chi connectivity index (χ1) is 11.0. The Kier molecular flexibility index (Phi) is 4.75. The largest absolute Gasteiger partial charge is 0.402 e. The van der Waals surface area contributed by atoms with Gasteiger partial charge in [0.2, 0.25) is 5.90 Å². The van der Waals surface area contributed by atoms with Crippen LogP contribution in [0.2, 0.25) is 10.0 Å². The van der Waals surface area contributed by atoms with Gasteiger partial charge in [-0.05, 0) is 71.0 Å². The van der Waals surface area contributed by atoms with E-state index in [1.165, 1.54) is 0 Å². The highest BCUT2D eigenvalue weighted by molar-refractivity contribution is 14.1. The van der Waals surface area contributed by atoms with E-state index >= 15 is 0 Å². The fourth-order valence-electron chi connectivity index (χ4n) is 2.09. The molecule has 0 aromatic heterocycles. The van der Waals surface area contributed by atoms with Crippen LogP contribution in [-0.2, 0) is 9.53 Å². The van der Waals surface area contributed by atoms with Crippen molar-refractivity contribution in [2.75, 3.05) is 0 Å². The number of ether oxygens (including phenoxy) is 1. The summed E-state index contributed by atoms with van der Waals surface area (Å²) in [5.41, 5.74) is 2.67. The highest BCUT2D eigenvalue weighted by Gasteiger charge is 2.24. The number of aliphatic imine (C=N–C) groups is 1. The van der Waals surface area contributed by atoms with E-state index in [0.717, 1.165) is 14.7 Å². The molecule has 1 aliphatic heterocycles. The average molecular weight is 458 g/mol. The van der Waals surface area contributed by atoms with E-state index in [-0.39, 0.29) is 5.70 Å². The van der Waals surface area contributed by atoms with Crippen molar-refractivity contribution in [3.05, 3.63) is 72.4 Å². The molecule has 0 amide bonds. The lowest BCUT2D eigenvalue weighted by molar-refractivity contribution is -0.129. The van der Waals surface area contributed by atoms with E-state index in [9.17, 15) is 4.79 Å². The lowest BCUT2D eigenvalue weighted by Crippen LogP contribution is -2.05. The normalized spacial score (nSPS) is 15.7. The van der Waals surface area contributed by atoms with Gasteiger partial charge in [-0.3, -0.25) is 0 Å². The molecular formula is C17H10Cl2INO2. The number of hydrogen-bond acceptors (Lipinski definition) is 3. The lowest BCUT2D eigenvalue weighted by Gasteiger charge is -2.02. The summed E-state index contributed by atoms with van der Waals surface area (Å²) in [6.45, 7) is 1.99. The second-order valence-corrected chi connectivity index (χ2v) is 6.89. The number of rotatable bonds is 2. The van der Waals surface area contributed by atoms with Crippen LogP contribution in [0.5, 0.6) is 0 Å². The topological polar surface area (TPSA) is 38.7 Å². The molecule has 0 unspecified atom stereocenters. The van der Waals surface area contributed by atoms with Gasteiger partial charge in [-0.1, -0.05) is 35.3 Å².